The van der Waals surface area contributed by atoms with Crippen molar-refractivity contribution in [2.45, 2.75) is 20.4 Å². The largest absolute Gasteiger partial charge is 0.480 e. The van der Waals surface area contributed by atoms with Crippen molar-refractivity contribution in [3.05, 3.63) is 85.5 Å². The van der Waals surface area contributed by atoms with E-state index in [1.165, 1.54) is 11.6 Å². The van der Waals surface area contributed by atoms with Crippen LogP contribution in [0.2, 0.25) is 5.02 Å². The van der Waals surface area contributed by atoms with Gasteiger partial charge in [0.1, 0.15) is 22.7 Å². The Morgan fingerprint density at radius 2 is 1.66 bits per heavy atom. The second-order valence-electron chi connectivity index (χ2n) is 9.54. The standard InChI is InChI=1S/C29H29ClN8O3/c1-15-17(18-10-7-11-19(24(18)30)21-14-32-22(13-31-3)27(36-21)41-6)9-8-12-20(15)35-25-23-26(34-16(2)33-25)37(4)29(40)38(5)28(23)39/h7-12,14,31H,13H2,1-6H3,(H,33,34,35). The maximum atomic E-state index is 13.1. The molecule has 11 nitrogen and oxygen atoms in total. The molecular weight excluding hydrogens is 544 g/mol. The van der Waals surface area contributed by atoms with E-state index in [4.69, 9.17) is 16.3 Å². The molecule has 0 aliphatic rings. The summed E-state index contributed by atoms with van der Waals surface area (Å²) in [7, 11) is 6.40. The highest BCUT2D eigenvalue weighted by atomic mass is 35.5. The first-order chi connectivity index (χ1) is 19.7. The van der Waals surface area contributed by atoms with Gasteiger partial charge in [0.05, 0.1) is 24.0 Å². The first kappa shape index (κ1) is 27.9. The summed E-state index contributed by atoms with van der Waals surface area (Å²) in [6.07, 6.45) is 1.68. The van der Waals surface area contributed by atoms with Gasteiger partial charge in [0.2, 0.25) is 5.88 Å². The van der Waals surface area contributed by atoms with Crippen LogP contribution in [0.3, 0.4) is 0 Å². The average molecular weight is 573 g/mol. The molecule has 210 valence electrons. The Balaban J connectivity index is 1.61. The third-order valence-corrected chi connectivity index (χ3v) is 7.32. The van der Waals surface area contributed by atoms with Crippen molar-refractivity contribution in [3.8, 4) is 28.3 Å². The zero-order chi connectivity index (χ0) is 29.4. The molecule has 3 aromatic heterocycles. The van der Waals surface area contributed by atoms with E-state index in [2.05, 4.69) is 30.6 Å². The Morgan fingerprint density at radius 3 is 2.39 bits per heavy atom. The molecule has 0 atom stereocenters. The fraction of sp³-hybridized carbons (Fsp3) is 0.241. The summed E-state index contributed by atoms with van der Waals surface area (Å²) in [5, 5.41) is 7.10. The number of anilines is 2. The molecule has 2 N–H and O–H groups in total. The predicted octanol–water partition coefficient (Wildman–Crippen LogP) is 3.89. The quantitative estimate of drug-likeness (QED) is 0.298. The van der Waals surface area contributed by atoms with Crippen molar-refractivity contribution in [2.24, 2.45) is 14.1 Å². The third kappa shape index (κ3) is 4.94. The van der Waals surface area contributed by atoms with Crippen molar-refractivity contribution >= 4 is 34.1 Å². The molecule has 0 bridgehead atoms. The van der Waals surface area contributed by atoms with Crippen molar-refractivity contribution in [1.82, 2.24) is 34.4 Å². The number of aromatic nitrogens is 6. The molecule has 3 heterocycles. The van der Waals surface area contributed by atoms with E-state index in [-0.39, 0.29) is 11.0 Å². The van der Waals surface area contributed by atoms with Gasteiger partial charge >= 0.3 is 5.69 Å². The molecule has 0 amide bonds. The Kier molecular flexibility index (Phi) is 7.57. The fourth-order valence-corrected chi connectivity index (χ4v) is 5.09. The van der Waals surface area contributed by atoms with Crippen molar-refractivity contribution in [1.29, 1.82) is 0 Å². The van der Waals surface area contributed by atoms with Gasteiger partial charge < -0.3 is 15.4 Å². The maximum Gasteiger partial charge on any atom is 0.332 e. The monoisotopic (exact) mass is 572 g/mol. The first-order valence-electron chi connectivity index (χ1n) is 12.8. The lowest BCUT2D eigenvalue weighted by molar-refractivity contribution is 0.388. The molecule has 0 aliphatic heterocycles. The van der Waals surface area contributed by atoms with Gasteiger partial charge in [-0.15, -0.1) is 0 Å². The maximum absolute atomic E-state index is 13.1. The Morgan fingerprint density at radius 1 is 0.951 bits per heavy atom. The second kappa shape index (κ2) is 11.1. The lowest BCUT2D eigenvalue weighted by Crippen LogP contribution is -2.37. The Hall–Kier alpha value is -4.61. The topological polar surface area (TPSA) is 129 Å². The van der Waals surface area contributed by atoms with Gasteiger partial charge in [-0.2, -0.15) is 0 Å². The molecule has 0 unspecified atom stereocenters. The fourth-order valence-electron chi connectivity index (χ4n) is 4.77. The van der Waals surface area contributed by atoms with E-state index in [9.17, 15) is 9.59 Å². The van der Waals surface area contributed by atoms with Crippen LogP contribution < -0.4 is 26.6 Å². The summed E-state index contributed by atoms with van der Waals surface area (Å²) in [5.74, 6) is 1.16. The number of halogens is 1. The molecule has 0 saturated heterocycles. The van der Waals surface area contributed by atoms with Crippen molar-refractivity contribution < 1.29 is 4.74 Å². The lowest BCUT2D eigenvalue weighted by Gasteiger charge is -2.17. The summed E-state index contributed by atoms with van der Waals surface area (Å²) in [6, 6.07) is 11.5. The molecule has 2 aromatic carbocycles. The smallest absolute Gasteiger partial charge is 0.332 e. The van der Waals surface area contributed by atoms with E-state index in [1.807, 2.05) is 50.4 Å². The van der Waals surface area contributed by atoms with Gasteiger partial charge in [0.25, 0.3) is 5.56 Å². The SMILES string of the molecule is CNCc1ncc(-c2cccc(-c3cccc(Nc4nc(C)nc5c4c(=O)n(C)c(=O)n5C)c3C)c2Cl)nc1OC. The first-order valence-corrected chi connectivity index (χ1v) is 13.2. The molecule has 5 aromatic rings. The Bertz CT molecular complexity index is 1930. The number of nitrogens with one attached hydrogen (secondary N) is 2. The average Bonchev–Trinajstić information content (AvgIpc) is 2.96. The van der Waals surface area contributed by atoms with E-state index in [1.54, 1.807) is 27.3 Å². The van der Waals surface area contributed by atoms with Gasteiger partial charge in [-0.1, -0.05) is 41.9 Å². The number of benzene rings is 2. The summed E-state index contributed by atoms with van der Waals surface area (Å²) in [6.45, 7) is 4.19. The lowest BCUT2D eigenvalue weighted by atomic mass is 9.96. The number of aryl methyl sites for hydroxylation is 2. The molecule has 0 fully saturated rings. The van der Waals surface area contributed by atoms with Crippen LogP contribution >= 0.6 is 11.6 Å². The highest BCUT2D eigenvalue weighted by Crippen LogP contribution is 2.39. The van der Waals surface area contributed by atoms with Crippen LogP contribution in [-0.4, -0.2) is 43.2 Å². The van der Waals surface area contributed by atoms with Gasteiger partial charge in [0.15, 0.2) is 5.65 Å². The number of ether oxygens (including phenoxy) is 1. The summed E-state index contributed by atoms with van der Waals surface area (Å²) < 4.78 is 7.84. The summed E-state index contributed by atoms with van der Waals surface area (Å²) in [4.78, 5) is 43.6. The molecular formula is C29H29ClN8O3. The number of rotatable bonds is 7. The number of hydrogen-bond donors (Lipinski definition) is 2. The van der Waals surface area contributed by atoms with Crippen LogP contribution in [0.25, 0.3) is 33.4 Å². The van der Waals surface area contributed by atoms with E-state index in [0.29, 0.717) is 46.0 Å². The zero-order valence-electron chi connectivity index (χ0n) is 23.5. The molecule has 5 rings (SSSR count). The third-order valence-electron chi connectivity index (χ3n) is 6.91. The summed E-state index contributed by atoms with van der Waals surface area (Å²) >= 11 is 6.99. The zero-order valence-corrected chi connectivity index (χ0v) is 24.3. The van der Waals surface area contributed by atoms with Crippen molar-refractivity contribution in [2.75, 3.05) is 19.5 Å². The minimum absolute atomic E-state index is 0.222. The molecule has 12 heteroatoms. The normalized spacial score (nSPS) is 11.2. The van der Waals surface area contributed by atoms with Gasteiger partial charge in [-0.25, -0.2) is 19.7 Å². The van der Waals surface area contributed by atoms with Crippen LogP contribution in [0, 0.1) is 13.8 Å². The predicted molar refractivity (Wildman–Crippen MR) is 160 cm³/mol. The molecule has 41 heavy (non-hydrogen) atoms. The van der Waals surface area contributed by atoms with Crippen LogP contribution in [0.15, 0.2) is 52.2 Å². The number of hydrogen-bond acceptors (Lipinski definition) is 9. The summed E-state index contributed by atoms with van der Waals surface area (Å²) in [5.41, 5.74) is 4.60. The van der Waals surface area contributed by atoms with Crippen LogP contribution in [-0.2, 0) is 20.6 Å². The minimum atomic E-state index is -0.479. The minimum Gasteiger partial charge on any atom is -0.480 e. The van der Waals surface area contributed by atoms with Gasteiger partial charge in [0, 0.05) is 37.5 Å². The number of fused-ring (bicyclic) bond motifs is 1. The van der Waals surface area contributed by atoms with Gasteiger partial charge in [-0.3, -0.25) is 18.9 Å². The highest BCUT2D eigenvalue weighted by molar-refractivity contribution is 6.36. The van der Waals surface area contributed by atoms with E-state index >= 15 is 0 Å². The Labute approximate surface area is 240 Å². The molecule has 0 radical (unpaired) electrons. The van der Waals surface area contributed by atoms with E-state index < -0.39 is 11.2 Å². The van der Waals surface area contributed by atoms with Crippen molar-refractivity contribution in [3.63, 3.8) is 0 Å². The van der Waals surface area contributed by atoms with Crippen LogP contribution in [0.5, 0.6) is 5.88 Å². The highest BCUT2D eigenvalue weighted by Gasteiger charge is 2.19. The van der Waals surface area contributed by atoms with Crippen LogP contribution in [0.4, 0.5) is 11.5 Å². The number of nitrogens with zero attached hydrogens (tertiary/aromatic N) is 6. The molecule has 0 saturated carbocycles. The van der Waals surface area contributed by atoms with E-state index in [0.717, 1.165) is 26.9 Å². The molecule has 0 aliphatic carbocycles. The van der Waals surface area contributed by atoms with Crippen LogP contribution in [0.1, 0.15) is 17.1 Å². The number of methoxy groups -OCH3 is 1. The second-order valence-corrected chi connectivity index (χ2v) is 9.91. The molecule has 0 spiro atoms. The van der Waals surface area contributed by atoms with Gasteiger partial charge in [-0.05, 0) is 38.1 Å².